The molecule has 0 saturated heterocycles. The molecule has 1 aromatic heterocycles. The molecule has 1 rings (SSSR count). The molecule has 1 aromatic rings. The molecule has 6 nitrogen and oxygen atoms in total. The Balaban J connectivity index is 2.64. The van der Waals surface area contributed by atoms with Crippen molar-refractivity contribution in [1.29, 1.82) is 0 Å². The van der Waals surface area contributed by atoms with Gasteiger partial charge in [0, 0.05) is 7.05 Å². The smallest absolute Gasteiger partial charge is 0.226 e. The Hall–Kier alpha value is -1.59. The first kappa shape index (κ1) is 7.52. The number of nitrogen functional groups attached to an aromatic ring is 1. The Morgan fingerprint density at radius 2 is 2.45 bits per heavy atom. The van der Waals surface area contributed by atoms with Crippen molar-refractivity contribution in [1.82, 2.24) is 15.6 Å². The number of rotatable bonds is 2. The number of anilines is 1. The van der Waals surface area contributed by atoms with Crippen molar-refractivity contribution >= 4 is 11.7 Å². The quantitative estimate of drug-likeness (QED) is 0.569. The number of hydrogen-bond acceptors (Lipinski definition) is 5. The van der Waals surface area contributed by atoms with Gasteiger partial charge in [-0.15, -0.1) is 0 Å². The molecule has 60 valence electrons. The lowest BCUT2D eigenvalue weighted by molar-refractivity contribution is -0.120. The molecule has 1 amide bonds. The highest BCUT2D eigenvalue weighted by Gasteiger charge is 2.09. The average molecular weight is 156 g/mol. The van der Waals surface area contributed by atoms with Crippen LogP contribution in [-0.2, 0) is 11.2 Å². The van der Waals surface area contributed by atoms with Gasteiger partial charge >= 0.3 is 0 Å². The van der Waals surface area contributed by atoms with Crippen molar-refractivity contribution in [2.45, 2.75) is 6.42 Å². The Bertz CT molecular complexity index is 257. The molecule has 0 atom stereocenters. The first-order chi connectivity index (χ1) is 5.24. The van der Waals surface area contributed by atoms with Gasteiger partial charge in [-0.05, 0) is 5.16 Å². The van der Waals surface area contributed by atoms with Gasteiger partial charge in [0.15, 0.2) is 5.82 Å². The fourth-order valence-electron chi connectivity index (χ4n) is 0.576. The van der Waals surface area contributed by atoms with Gasteiger partial charge in [-0.25, -0.2) is 4.63 Å². The molecule has 3 N–H and O–H groups in total. The van der Waals surface area contributed by atoms with Gasteiger partial charge in [-0.3, -0.25) is 4.79 Å². The van der Waals surface area contributed by atoms with Crippen LogP contribution in [0.3, 0.4) is 0 Å². The van der Waals surface area contributed by atoms with Gasteiger partial charge < -0.3 is 11.1 Å². The summed E-state index contributed by atoms with van der Waals surface area (Å²) >= 11 is 0. The summed E-state index contributed by atoms with van der Waals surface area (Å²) in [6.45, 7) is 0. The van der Waals surface area contributed by atoms with Crippen LogP contribution in [0.25, 0.3) is 0 Å². The highest BCUT2D eigenvalue weighted by Crippen LogP contribution is 2.03. The molecule has 0 fully saturated rings. The van der Waals surface area contributed by atoms with E-state index < -0.39 is 0 Å². The van der Waals surface area contributed by atoms with Crippen LogP contribution < -0.4 is 11.1 Å². The lowest BCUT2D eigenvalue weighted by atomic mass is 10.3. The number of nitrogens with two attached hydrogens (primary N) is 1. The van der Waals surface area contributed by atoms with Gasteiger partial charge in [0.05, 0.1) is 6.42 Å². The van der Waals surface area contributed by atoms with Crippen LogP contribution >= 0.6 is 0 Å². The molecule has 0 unspecified atom stereocenters. The number of nitrogens with one attached hydrogen (secondary N) is 1. The second kappa shape index (κ2) is 3.00. The zero-order valence-electron chi connectivity index (χ0n) is 6.00. The van der Waals surface area contributed by atoms with Crippen molar-refractivity contribution < 1.29 is 9.42 Å². The molecule has 0 aromatic carbocycles. The Morgan fingerprint density at radius 3 is 2.91 bits per heavy atom. The average Bonchev–Trinajstić information content (AvgIpc) is 2.37. The van der Waals surface area contributed by atoms with Crippen LogP contribution in [0.2, 0.25) is 0 Å². The maximum absolute atomic E-state index is 10.8. The van der Waals surface area contributed by atoms with Crippen molar-refractivity contribution in [3.05, 3.63) is 5.69 Å². The van der Waals surface area contributed by atoms with Gasteiger partial charge in [0.25, 0.3) is 0 Å². The van der Waals surface area contributed by atoms with Crippen LogP contribution in [-0.4, -0.2) is 23.3 Å². The molecule has 0 aliphatic carbocycles. The molecule has 0 aliphatic heterocycles. The topological polar surface area (TPSA) is 94.0 Å². The maximum Gasteiger partial charge on any atom is 0.226 e. The fraction of sp³-hybridized carbons (Fsp3) is 0.400. The second-order valence-electron chi connectivity index (χ2n) is 1.95. The van der Waals surface area contributed by atoms with E-state index in [2.05, 4.69) is 20.3 Å². The summed E-state index contributed by atoms with van der Waals surface area (Å²) in [4.78, 5) is 10.8. The molecule has 0 aliphatic rings. The molecule has 0 spiro atoms. The minimum Gasteiger partial charge on any atom is -0.379 e. The van der Waals surface area contributed by atoms with Crippen molar-refractivity contribution in [3.8, 4) is 0 Å². The molecular formula is C5H8N4O2. The van der Waals surface area contributed by atoms with E-state index in [4.69, 9.17) is 5.73 Å². The van der Waals surface area contributed by atoms with Gasteiger partial charge in [0.2, 0.25) is 5.91 Å². The van der Waals surface area contributed by atoms with E-state index in [1.54, 1.807) is 0 Å². The van der Waals surface area contributed by atoms with E-state index in [1.165, 1.54) is 7.05 Å². The minimum absolute atomic E-state index is 0.103. The minimum atomic E-state index is -0.174. The van der Waals surface area contributed by atoms with Crippen LogP contribution in [0.4, 0.5) is 5.82 Å². The molecule has 0 bridgehead atoms. The number of nitrogens with zero attached hydrogens (tertiary/aromatic N) is 2. The zero-order chi connectivity index (χ0) is 8.27. The van der Waals surface area contributed by atoms with E-state index in [0.29, 0.717) is 5.69 Å². The van der Waals surface area contributed by atoms with Crippen molar-refractivity contribution in [2.24, 2.45) is 0 Å². The third-order valence-electron chi connectivity index (χ3n) is 1.19. The Kier molecular flexibility index (Phi) is 2.05. The molecule has 0 saturated carbocycles. The summed E-state index contributed by atoms with van der Waals surface area (Å²) in [5.41, 5.74) is 5.66. The zero-order valence-corrected chi connectivity index (χ0v) is 6.00. The molecule has 1 heterocycles. The van der Waals surface area contributed by atoms with Gasteiger partial charge in [-0.2, -0.15) is 0 Å². The number of likely N-dealkylation sites (N-methyl/N-ethyl adjacent to an activating group) is 1. The van der Waals surface area contributed by atoms with E-state index in [0.717, 1.165) is 0 Å². The lowest BCUT2D eigenvalue weighted by Gasteiger charge is -1.93. The Labute approximate surface area is 62.7 Å². The van der Waals surface area contributed by atoms with E-state index in [-0.39, 0.29) is 18.1 Å². The SMILES string of the molecule is CNC(=O)Cc1nonc1N. The molecular weight excluding hydrogens is 148 g/mol. The third kappa shape index (κ3) is 1.66. The highest BCUT2D eigenvalue weighted by atomic mass is 16.6. The number of hydrogen-bond donors (Lipinski definition) is 2. The highest BCUT2D eigenvalue weighted by molar-refractivity contribution is 5.78. The van der Waals surface area contributed by atoms with Crippen LogP contribution in [0.5, 0.6) is 0 Å². The maximum atomic E-state index is 10.8. The molecule has 0 radical (unpaired) electrons. The largest absolute Gasteiger partial charge is 0.379 e. The number of amides is 1. The number of carbonyl (C=O) groups is 1. The molecule has 11 heavy (non-hydrogen) atoms. The summed E-state index contributed by atoms with van der Waals surface area (Å²) in [5.74, 6) is -0.0130. The number of carbonyl (C=O) groups excluding carboxylic acids is 1. The van der Waals surface area contributed by atoms with Crippen LogP contribution in [0.1, 0.15) is 5.69 Å². The first-order valence-corrected chi connectivity index (χ1v) is 3.01. The lowest BCUT2D eigenvalue weighted by Crippen LogP contribution is -2.20. The van der Waals surface area contributed by atoms with Gasteiger partial charge in [0.1, 0.15) is 5.69 Å². The van der Waals surface area contributed by atoms with E-state index >= 15 is 0 Å². The van der Waals surface area contributed by atoms with Crippen molar-refractivity contribution in [2.75, 3.05) is 12.8 Å². The predicted molar refractivity (Wildman–Crippen MR) is 36.5 cm³/mol. The second-order valence-corrected chi connectivity index (χ2v) is 1.95. The monoisotopic (exact) mass is 156 g/mol. The third-order valence-corrected chi connectivity index (χ3v) is 1.19. The van der Waals surface area contributed by atoms with Gasteiger partial charge in [-0.1, -0.05) is 5.16 Å². The van der Waals surface area contributed by atoms with Crippen LogP contribution in [0.15, 0.2) is 4.63 Å². The molecule has 6 heteroatoms. The summed E-state index contributed by atoms with van der Waals surface area (Å²) in [7, 11) is 1.53. The summed E-state index contributed by atoms with van der Waals surface area (Å²) < 4.78 is 4.29. The van der Waals surface area contributed by atoms with Crippen LogP contribution in [0, 0.1) is 0 Å². The normalized spacial score (nSPS) is 9.55. The fourth-order valence-corrected chi connectivity index (χ4v) is 0.576. The predicted octanol–water partition coefficient (Wildman–Crippen LogP) is -1.06. The standard InChI is InChI=1S/C5H8N4O2/c1-7-4(10)2-3-5(6)9-11-8-3/h2H2,1H3,(H2,6,9)(H,7,10). The number of aromatic nitrogens is 2. The van der Waals surface area contributed by atoms with Crippen molar-refractivity contribution in [3.63, 3.8) is 0 Å². The summed E-state index contributed by atoms with van der Waals surface area (Å²) in [6.07, 6.45) is 0.103. The first-order valence-electron chi connectivity index (χ1n) is 3.01. The summed E-state index contributed by atoms with van der Waals surface area (Å²) in [5, 5.41) is 9.17. The summed E-state index contributed by atoms with van der Waals surface area (Å²) in [6, 6.07) is 0. The Morgan fingerprint density at radius 1 is 1.73 bits per heavy atom. The van der Waals surface area contributed by atoms with E-state index in [1.807, 2.05) is 0 Å². The van der Waals surface area contributed by atoms with E-state index in [9.17, 15) is 4.79 Å².